The van der Waals surface area contributed by atoms with Crippen LogP contribution in [-0.2, 0) is 6.42 Å². The summed E-state index contributed by atoms with van der Waals surface area (Å²) in [5, 5.41) is 0.292. The van der Waals surface area contributed by atoms with Crippen molar-refractivity contribution in [3.8, 4) is 0 Å². The number of hydrogen-bond donors (Lipinski definition) is 1. The number of ketones is 1. The second kappa shape index (κ2) is 7.00. The maximum Gasteiger partial charge on any atom is 0.159 e. The fraction of sp³-hybridized carbons (Fsp3) is 0.235. The highest BCUT2D eigenvalue weighted by Crippen LogP contribution is 2.35. The minimum atomic E-state index is 0.102. The molecule has 2 rings (SSSR count). The lowest BCUT2D eigenvalue weighted by Crippen LogP contribution is -2.00. The Morgan fingerprint density at radius 2 is 1.80 bits per heavy atom. The van der Waals surface area contributed by atoms with Gasteiger partial charge in [0.05, 0.1) is 0 Å². The molecule has 0 saturated carbocycles. The maximum absolute atomic E-state index is 11.3. The molecule has 0 aliphatic carbocycles. The zero-order valence-electron chi connectivity index (χ0n) is 11.7. The van der Waals surface area contributed by atoms with Gasteiger partial charge in [-0.2, -0.15) is 0 Å². The molecule has 2 aromatic carbocycles. The molecule has 1 unspecified atom stereocenters. The number of thiol groups is 1. The molecule has 0 heterocycles. The van der Waals surface area contributed by atoms with E-state index in [1.54, 1.807) is 17.7 Å². The first-order valence-electron chi connectivity index (χ1n) is 6.57. The number of Topliss-reactive ketones (excluding diaryl/α,β-unsaturated/α-hetero) is 1. The van der Waals surface area contributed by atoms with Crippen molar-refractivity contribution in [2.75, 3.05) is 0 Å². The molecule has 0 amide bonds. The van der Waals surface area contributed by atoms with Gasteiger partial charge < -0.3 is 0 Å². The molecule has 0 aromatic heterocycles. The predicted molar refractivity (Wildman–Crippen MR) is 90.6 cm³/mol. The van der Waals surface area contributed by atoms with Gasteiger partial charge in [0.1, 0.15) is 0 Å². The Hall–Kier alpha value is -1.19. The van der Waals surface area contributed by atoms with Crippen molar-refractivity contribution >= 4 is 28.2 Å². The largest absolute Gasteiger partial charge is 0.295 e. The topological polar surface area (TPSA) is 17.1 Å². The molecular weight excluding hydrogens is 284 g/mol. The third-order valence-corrected chi connectivity index (χ3v) is 4.94. The summed E-state index contributed by atoms with van der Waals surface area (Å²) in [5.74, 6) is 0.102. The summed E-state index contributed by atoms with van der Waals surface area (Å²) in [5.41, 5.74) is 4.61. The van der Waals surface area contributed by atoms with Gasteiger partial charge >= 0.3 is 0 Å². The molecule has 0 aliphatic rings. The first-order chi connectivity index (χ1) is 9.61. The zero-order chi connectivity index (χ0) is 14.5. The molecule has 0 aliphatic heterocycles. The fourth-order valence-corrected chi connectivity index (χ4v) is 3.31. The van der Waals surface area contributed by atoms with E-state index in [-0.39, 0.29) is 5.78 Å². The Labute approximate surface area is 129 Å². The lowest BCUT2D eigenvalue weighted by molar-refractivity contribution is 0.101. The summed E-state index contributed by atoms with van der Waals surface area (Å²) in [6, 6.07) is 16.3. The summed E-state index contributed by atoms with van der Waals surface area (Å²) >= 11 is 4.41. The Bertz CT molecular complexity index is 590. The number of hydrogen-bond acceptors (Lipinski definition) is 3. The molecule has 0 radical (unpaired) electrons. The van der Waals surface area contributed by atoms with E-state index in [2.05, 4.69) is 42.9 Å². The van der Waals surface area contributed by atoms with E-state index in [4.69, 9.17) is 0 Å². The molecule has 104 valence electrons. The van der Waals surface area contributed by atoms with Crippen molar-refractivity contribution in [1.82, 2.24) is 0 Å². The monoisotopic (exact) mass is 302 g/mol. The zero-order valence-corrected chi connectivity index (χ0v) is 13.4. The van der Waals surface area contributed by atoms with Gasteiger partial charge in [0, 0.05) is 10.8 Å². The van der Waals surface area contributed by atoms with Crippen LogP contribution in [0.5, 0.6) is 0 Å². The lowest BCUT2D eigenvalue weighted by Gasteiger charge is -2.16. The van der Waals surface area contributed by atoms with Crippen LogP contribution >= 0.6 is 22.5 Å². The predicted octanol–water partition coefficient (Wildman–Crippen LogP) is 5.06. The second-order valence-corrected chi connectivity index (χ2v) is 6.32. The van der Waals surface area contributed by atoms with Crippen LogP contribution in [0.25, 0.3) is 0 Å². The van der Waals surface area contributed by atoms with Crippen LogP contribution in [0.3, 0.4) is 0 Å². The van der Waals surface area contributed by atoms with Crippen LogP contribution in [0.1, 0.15) is 39.2 Å². The van der Waals surface area contributed by atoms with Gasteiger partial charge in [0.2, 0.25) is 0 Å². The summed E-state index contributed by atoms with van der Waals surface area (Å²) in [4.78, 5) is 11.3. The SMILES string of the molecule is CC(=O)c1ccc(C(Cc2ccccc2C)SS)cc1. The number of benzene rings is 2. The molecule has 0 saturated heterocycles. The molecule has 0 bridgehead atoms. The van der Waals surface area contributed by atoms with E-state index >= 15 is 0 Å². The summed E-state index contributed by atoms with van der Waals surface area (Å²) in [6.07, 6.45) is 0.945. The van der Waals surface area contributed by atoms with Gasteiger partial charge in [0.15, 0.2) is 5.78 Å². The van der Waals surface area contributed by atoms with E-state index < -0.39 is 0 Å². The molecule has 0 fully saturated rings. The van der Waals surface area contributed by atoms with Crippen molar-refractivity contribution in [2.45, 2.75) is 25.5 Å². The van der Waals surface area contributed by atoms with Crippen molar-refractivity contribution in [2.24, 2.45) is 0 Å². The molecule has 3 heteroatoms. The van der Waals surface area contributed by atoms with Gasteiger partial charge in [-0.05, 0) is 37.0 Å². The lowest BCUT2D eigenvalue weighted by atomic mass is 9.99. The van der Waals surface area contributed by atoms with E-state index in [0.29, 0.717) is 5.25 Å². The maximum atomic E-state index is 11.3. The van der Waals surface area contributed by atoms with Crippen LogP contribution in [0.15, 0.2) is 48.5 Å². The summed E-state index contributed by atoms with van der Waals surface area (Å²) < 4.78 is 0. The van der Waals surface area contributed by atoms with Crippen LogP contribution < -0.4 is 0 Å². The van der Waals surface area contributed by atoms with Crippen molar-refractivity contribution in [1.29, 1.82) is 0 Å². The fourth-order valence-electron chi connectivity index (χ4n) is 2.19. The minimum absolute atomic E-state index is 0.102. The number of carbonyl (C=O) groups excluding carboxylic acids is 1. The Morgan fingerprint density at radius 1 is 1.15 bits per heavy atom. The van der Waals surface area contributed by atoms with Gasteiger partial charge in [-0.15, -0.1) is 11.7 Å². The average Bonchev–Trinajstić information content (AvgIpc) is 2.46. The number of carbonyl (C=O) groups is 1. The summed E-state index contributed by atoms with van der Waals surface area (Å²) in [6.45, 7) is 3.72. The normalized spacial score (nSPS) is 12.2. The van der Waals surface area contributed by atoms with E-state index in [1.807, 2.05) is 24.3 Å². The Morgan fingerprint density at radius 3 is 2.35 bits per heavy atom. The molecule has 1 atom stereocenters. The van der Waals surface area contributed by atoms with Gasteiger partial charge in [0.25, 0.3) is 0 Å². The van der Waals surface area contributed by atoms with Crippen molar-refractivity contribution < 1.29 is 4.79 Å². The van der Waals surface area contributed by atoms with E-state index in [1.165, 1.54) is 16.7 Å². The first-order valence-corrected chi connectivity index (χ1v) is 8.50. The molecule has 0 spiro atoms. The van der Waals surface area contributed by atoms with Gasteiger partial charge in [-0.25, -0.2) is 0 Å². The van der Waals surface area contributed by atoms with Crippen molar-refractivity contribution in [3.63, 3.8) is 0 Å². The average molecular weight is 302 g/mol. The number of rotatable bonds is 5. The number of aryl methyl sites for hydroxylation is 1. The Balaban J connectivity index is 2.20. The molecular formula is C17H18OS2. The highest BCUT2D eigenvalue weighted by molar-refractivity contribution is 8.68. The van der Waals surface area contributed by atoms with Crippen LogP contribution in [-0.4, -0.2) is 5.78 Å². The minimum Gasteiger partial charge on any atom is -0.295 e. The first kappa shape index (κ1) is 15.2. The quantitative estimate of drug-likeness (QED) is 0.472. The third-order valence-electron chi connectivity index (χ3n) is 3.48. The van der Waals surface area contributed by atoms with E-state index in [0.717, 1.165) is 12.0 Å². The van der Waals surface area contributed by atoms with Crippen LogP contribution in [0.4, 0.5) is 0 Å². The van der Waals surface area contributed by atoms with Crippen LogP contribution in [0, 0.1) is 6.92 Å². The van der Waals surface area contributed by atoms with E-state index in [9.17, 15) is 4.79 Å². The Kier molecular flexibility index (Phi) is 5.32. The third kappa shape index (κ3) is 3.68. The molecule has 20 heavy (non-hydrogen) atoms. The standard InChI is InChI=1S/C17H18OS2/c1-12-5-3-4-6-16(12)11-17(20-19)15-9-7-14(8-10-15)13(2)18/h3-10,17,19H,11H2,1-2H3. The van der Waals surface area contributed by atoms with Crippen LogP contribution in [0.2, 0.25) is 0 Å². The molecule has 0 N–H and O–H groups in total. The highest BCUT2D eigenvalue weighted by atomic mass is 33.1. The van der Waals surface area contributed by atoms with Gasteiger partial charge in [-0.1, -0.05) is 59.3 Å². The molecule has 1 nitrogen and oxygen atoms in total. The smallest absolute Gasteiger partial charge is 0.159 e. The van der Waals surface area contributed by atoms with Gasteiger partial charge in [-0.3, -0.25) is 4.79 Å². The second-order valence-electron chi connectivity index (χ2n) is 4.90. The highest BCUT2D eigenvalue weighted by Gasteiger charge is 2.13. The molecule has 2 aromatic rings. The van der Waals surface area contributed by atoms with Crippen molar-refractivity contribution in [3.05, 3.63) is 70.8 Å². The summed E-state index contributed by atoms with van der Waals surface area (Å²) in [7, 11) is 1.55.